The minimum atomic E-state index is -0.598. The number of nitro groups is 1. The molecule has 3 aromatic rings. The molecule has 1 N–H and O–H groups in total. The van der Waals surface area contributed by atoms with Crippen molar-refractivity contribution in [3.63, 3.8) is 0 Å². The quantitative estimate of drug-likeness (QED) is 0.141. The third kappa shape index (κ3) is 5.39. The summed E-state index contributed by atoms with van der Waals surface area (Å²) in [6.07, 6.45) is 0. The first-order valence-corrected chi connectivity index (χ1v) is 10.3. The van der Waals surface area contributed by atoms with E-state index in [0.717, 1.165) is 11.9 Å². The largest absolute Gasteiger partial charge is 1.00 e. The lowest BCUT2D eigenvalue weighted by molar-refractivity contribution is -0.902. The van der Waals surface area contributed by atoms with E-state index in [1.165, 1.54) is 17.2 Å². The Balaban J connectivity index is 0.00000320. The molecule has 0 fully saturated rings. The molecule has 30 heavy (non-hydrogen) atoms. The Morgan fingerprint density at radius 2 is 2.03 bits per heavy atom. The predicted octanol–water partition coefficient (Wildman–Crippen LogP) is 0.610. The summed E-state index contributed by atoms with van der Waals surface area (Å²) < 4.78 is 5.22. The van der Waals surface area contributed by atoms with Crippen LogP contribution in [0.3, 0.4) is 0 Å². The molecule has 0 atom stereocenters. The highest BCUT2D eigenvalue weighted by Gasteiger charge is 2.29. The highest BCUT2D eigenvalue weighted by Crippen LogP contribution is 2.37. The van der Waals surface area contributed by atoms with E-state index in [4.69, 9.17) is 11.6 Å². The number of halogens is 3. The summed E-state index contributed by atoms with van der Waals surface area (Å²) in [4.78, 5) is 11.1. The van der Waals surface area contributed by atoms with Crippen LogP contribution in [0, 0.1) is 15.3 Å². The average Bonchev–Trinajstić information content (AvgIpc) is 3.01. The zero-order valence-electron chi connectivity index (χ0n) is 16.3. The van der Waals surface area contributed by atoms with E-state index >= 15 is 0 Å². The fraction of sp³-hybridized carbons (Fsp3) is 0.333. The molecule has 0 radical (unpaired) electrons. The number of hydrogen-bond acceptors (Lipinski definition) is 6. The first-order valence-electron chi connectivity index (χ1n) is 8.78. The highest BCUT2D eigenvalue weighted by atomic mass is 79.9. The van der Waals surface area contributed by atoms with Crippen molar-refractivity contribution in [2.75, 3.05) is 32.5 Å². The van der Waals surface area contributed by atoms with Gasteiger partial charge in [-0.3, -0.25) is 14.7 Å². The smallest absolute Gasteiger partial charge is 0.315 e. The third-order valence-corrected chi connectivity index (χ3v) is 5.50. The van der Waals surface area contributed by atoms with Crippen LogP contribution in [0.15, 0.2) is 35.0 Å². The molecule has 1 heterocycles. The SMILES string of the molecule is C[N+](C)(CCNc1c([N+](=O)[O-])c(Cl)cc2c1no[n+]2[O-])Cc1cccc(CBr)c1.[Br-]. The van der Waals surface area contributed by atoms with Gasteiger partial charge in [-0.2, -0.15) is 0 Å². The molecule has 0 aliphatic heterocycles. The molecular formula is C18H20Br2ClN5O4. The summed E-state index contributed by atoms with van der Waals surface area (Å²) in [5, 5.41) is 30.5. The lowest BCUT2D eigenvalue weighted by Gasteiger charge is -2.30. The normalized spacial score (nSPS) is 11.3. The van der Waals surface area contributed by atoms with Crippen LogP contribution >= 0.6 is 27.5 Å². The Kier molecular flexibility index (Phi) is 8.03. The topological polar surface area (TPSA) is 108 Å². The van der Waals surface area contributed by atoms with Crippen molar-refractivity contribution >= 4 is 49.9 Å². The number of quaternary nitrogens is 1. The number of aromatic nitrogens is 2. The van der Waals surface area contributed by atoms with Crippen molar-refractivity contribution in [1.82, 2.24) is 5.16 Å². The second-order valence-corrected chi connectivity index (χ2v) is 8.30. The summed E-state index contributed by atoms with van der Waals surface area (Å²) >= 11 is 9.49. The van der Waals surface area contributed by atoms with Gasteiger partial charge in [0.1, 0.15) is 11.6 Å². The van der Waals surface area contributed by atoms with Crippen LogP contribution in [0.2, 0.25) is 5.02 Å². The van der Waals surface area contributed by atoms with Gasteiger partial charge in [-0.1, -0.05) is 45.7 Å². The van der Waals surface area contributed by atoms with E-state index in [-0.39, 0.29) is 49.3 Å². The van der Waals surface area contributed by atoms with Crippen LogP contribution in [0.1, 0.15) is 11.1 Å². The number of rotatable bonds is 8. The zero-order valence-corrected chi connectivity index (χ0v) is 20.2. The minimum Gasteiger partial charge on any atom is -1.00 e. The van der Waals surface area contributed by atoms with Crippen molar-refractivity contribution in [3.8, 4) is 0 Å². The lowest BCUT2D eigenvalue weighted by Crippen LogP contribution is -3.00. The number of likely N-dealkylation sites (N-methyl/N-ethyl adjacent to an activating group) is 1. The first kappa shape index (κ1) is 24.3. The summed E-state index contributed by atoms with van der Waals surface area (Å²) in [7, 11) is 4.15. The van der Waals surface area contributed by atoms with Crippen molar-refractivity contribution in [3.05, 3.63) is 61.8 Å². The highest BCUT2D eigenvalue weighted by molar-refractivity contribution is 9.08. The van der Waals surface area contributed by atoms with E-state index in [1.807, 2.05) is 6.07 Å². The minimum absolute atomic E-state index is 0. The molecular weight excluding hydrogens is 545 g/mol. The Bertz CT molecular complexity index is 1060. The molecule has 12 heteroatoms. The number of benzene rings is 2. The number of hydrogen-bond donors (Lipinski definition) is 1. The summed E-state index contributed by atoms with van der Waals surface area (Å²) in [5.41, 5.74) is 2.26. The molecule has 162 valence electrons. The molecule has 0 aliphatic carbocycles. The molecule has 2 aromatic carbocycles. The van der Waals surface area contributed by atoms with Gasteiger partial charge < -0.3 is 32.0 Å². The van der Waals surface area contributed by atoms with Gasteiger partial charge in [0.2, 0.25) is 5.52 Å². The molecule has 0 saturated heterocycles. The fourth-order valence-electron chi connectivity index (χ4n) is 3.18. The second kappa shape index (κ2) is 9.90. The molecule has 1 aromatic heterocycles. The van der Waals surface area contributed by atoms with E-state index in [2.05, 4.69) is 63.3 Å². The van der Waals surface area contributed by atoms with Gasteiger partial charge in [-0.15, -0.1) is 0 Å². The Hall–Kier alpha value is -1.95. The number of nitrogens with zero attached hydrogens (tertiary/aromatic N) is 4. The summed E-state index contributed by atoms with van der Waals surface area (Å²) in [6, 6.07) is 9.49. The monoisotopic (exact) mass is 563 g/mol. The molecule has 0 spiro atoms. The van der Waals surface area contributed by atoms with Crippen LogP contribution in [0.4, 0.5) is 11.4 Å². The van der Waals surface area contributed by atoms with Gasteiger partial charge in [-0.05, 0) is 16.5 Å². The Morgan fingerprint density at radius 1 is 1.33 bits per heavy atom. The van der Waals surface area contributed by atoms with Gasteiger partial charge in [0.05, 0.1) is 32.1 Å². The third-order valence-electron chi connectivity index (χ3n) is 4.57. The number of fused-ring (bicyclic) bond motifs is 1. The molecule has 0 amide bonds. The first-order chi connectivity index (χ1) is 13.7. The van der Waals surface area contributed by atoms with Crippen LogP contribution in [0.25, 0.3) is 11.0 Å². The fourth-order valence-corrected chi connectivity index (χ4v) is 3.80. The van der Waals surface area contributed by atoms with E-state index in [1.54, 1.807) is 0 Å². The standard InChI is InChI=1S/C18H20BrClN5O4.BrH/c1-25(2,11-13-5-3-4-12(8-13)10-19)7-6-21-17-16-15(24(28)29-22-16)9-14(20)18(17)23(26)27;/h3-5,8-9,21H,6-7,10-11H2,1-2H3;1H/q+1;/p-1. The van der Waals surface area contributed by atoms with Crippen molar-refractivity contribution < 1.29 is 35.9 Å². The summed E-state index contributed by atoms with van der Waals surface area (Å²) in [6.45, 7) is 1.87. The number of nitrogens with one attached hydrogen (secondary N) is 1. The average molecular weight is 566 g/mol. The summed E-state index contributed by atoms with van der Waals surface area (Å²) in [5.74, 6) is 0. The maximum atomic E-state index is 11.7. The van der Waals surface area contributed by atoms with Crippen molar-refractivity contribution in [2.45, 2.75) is 11.9 Å². The predicted molar refractivity (Wildman–Crippen MR) is 113 cm³/mol. The maximum Gasteiger partial charge on any atom is 0.315 e. The molecule has 0 unspecified atom stereocenters. The molecule has 0 saturated carbocycles. The maximum absolute atomic E-state index is 11.7. The molecule has 0 bridgehead atoms. The van der Waals surface area contributed by atoms with Gasteiger partial charge >= 0.3 is 5.69 Å². The number of nitro benzene ring substituents is 1. The number of anilines is 1. The van der Waals surface area contributed by atoms with Crippen molar-refractivity contribution in [1.29, 1.82) is 0 Å². The van der Waals surface area contributed by atoms with E-state index < -0.39 is 4.92 Å². The lowest BCUT2D eigenvalue weighted by atomic mass is 10.1. The Morgan fingerprint density at radius 3 is 2.70 bits per heavy atom. The van der Waals surface area contributed by atoms with Crippen LogP contribution in [0.5, 0.6) is 0 Å². The second-order valence-electron chi connectivity index (χ2n) is 7.33. The van der Waals surface area contributed by atoms with Gasteiger partial charge in [0.15, 0.2) is 5.69 Å². The van der Waals surface area contributed by atoms with Gasteiger partial charge in [0, 0.05) is 22.1 Å². The molecule has 3 rings (SSSR count). The van der Waals surface area contributed by atoms with Crippen molar-refractivity contribution in [2.24, 2.45) is 0 Å². The zero-order chi connectivity index (χ0) is 21.2. The van der Waals surface area contributed by atoms with Crippen LogP contribution in [-0.4, -0.2) is 41.7 Å². The Labute approximate surface area is 196 Å². The molecule has 9 nitrogen and oxygen atoms in total. The van der Waals surface area contributed by atoms with Crippen LogP contribution in [-0.2, 0) is 11.9 Å². The molecule has 0 aliphatic rings. The van der Waals surface area contributed by atoms with E-state index in [9.17, 15) is 15.3 Å². The van der Waals surface area contributed by atoms with Crippen LogP contribution < -0.4 is 27.2 Å². The number of alkyl halides is 1. The van der Waals surface area contributed by atoms with Gasteiger partial charge in [0.25, 0.3) is 5.52 Å². The van der Waals surface area contributed by atoms with Gasteiger partial charge in [-0.25, -0.2) is 0 Å². The van der Waals surface area contributed by atoms with E-state index in [0.29, 0.717) is 17.6 Å².